The van der Waals surface area contributed by atoms with Crippen molar-refractivity contribution in [1.82, 2.24) is 0 Å². The van der Waals surface area contributed by atoms with Gasteiger partial charge in [0.15, 0.2) is 23.1 Å². The number of hydrogen-bond donors (Lipinski definition) is 4. The van der Waals surface area contributed by atoms with Gasteiger partial charge in [0, 0.05) is 102 Å². The van der Waals surface area contributed by atoms with Crippen LogP contribution in [0.1, 0.15) is 107 Å². The molecule has 0 heterocycles. The molecule has 0 aromatic heterocycles. The summed E-state index contributed by atoms with van der Waals surface area (Å²) in [5.41, 5.74) is 0. The monoisotopic (exact) mass is 602 g/mol. The molecule has 9 heteroatoms. The SMILES string of the molecule is CCC(=O)/C=C(\O)CC.CCC(=O)/C=C(\O)CC.CCC(=O)/C=C(\O)CC.CCC(=O)/C=C(\O)CC.[Zr]. The third-order valence-electron chi connectivity index (χ3n) is 4.15. The summed E-state index contributed by atoms with van der Waals surface area (Å²) in [6.07, 6.45) is 9.09. The molecule has 0 aliphatic heterocycles. The van der Waals surface area contributed by atoms with Crippen molar-refractivity contribution in [1.29, 1.82) is 0 Å². The molecule has 0 rings (SSSR count). The first-order valence-electron chi connectivity index (χ1n) is 12.5. The van der Waals surface area contributed by atoms with Crippen LogP contribution in [0, 0.1) is 0 Å². The maximum atomic E-state index is 10.5. The largest absolute Gasteiger partial charge is 0.512 e. The van der Waals surface area contributed by atoms with Crippen LogP contribution in [-0.4, -0.2) is 43.6 Å². The first-order valence-corrected chi connectivity index (χ1v) is 12.5. The Kier molecular flexibility index (Phi) is 38.4. The fourth-order valence-corrected chi connectivity index (χ4v) is 1.56. The van der Waals surface area contributed by atoms with E-state index in [0.29, 0.717) is 51.4 Å². The Balaban J connectivity index is -0.000000122. The number of aliphatic hydroxyl groups excluding tert-OH is 4. The summed E-state index contributed by atoms with van der Waals surface area (Å²) in [5.74, 6) is 0.597. The number of aliphatic hydroxyl groups is 4. The van der Waals surface area contributed by atoms with Crippen molar-refractivity contribution in [2.45, 2.75) is 107 Å². The molecule has 0 saturated heterocycles. The minimum atomic E-state index is -0.0191. The molecule has 0 aromatic carbocycles. The molecule has 212 valence electrons. The van der Waals surface area contributed by atoms with Crippen LogP contribution in [0.15, 0.2) is 47.3 Å². The molecule has 0 amide bonds. The van der Waals surface area contributed by atoms with Gasteiger partial charge < -0.3 is 20.4 Å². The first kappa shape index (κ1) is 44.7. The molecule has 0 radical (unpaired) electrons. The van der Waals surface area contributed by atoms with E-state index in [1.54, 1.807) is 55.4 Å². The zero-order valence-electron chi connectivity index (χ0n) is 23.9. The summed E-state index contributed by atoms with van der Waals surface area (Å²) >= 11 is 0. The molecule has 37 heavy (non-hydrogen) atoms. The summed E-state index contributed by atoms with van der Waals surface area (Å²) in [6.45, 7) is 14.3. The third kappa shape index (κ3) is 38.4. The molecule has 0 unspecified atom stereocenters. The van der Waals surface area contributed by atoms with E-state index in [1.165, 1.54) is 24.3 Å². The second-order valence-corrected chi connectivity index (χ2v) is 7.24. The zero-order valence-corrected chi connectivity index (χ0v) is 26.3. The molecule has 0 saturated carbocycles. The van der Waals surface area contributed by atoms with E-state index < -0.39 is 0 Å². The van der Waals surface area contributed by atoms with Gasteiger partial charge >= 0.3 is 0 Å². The molecular weight excluding hydrogens is 556 g/mol. The van der Waals surface area contributed by atoms with Gasteiger partial charge in [0.25, 0.3) is 0 Å². The maximum absolute atomic E-state index is 10.5. The summed E-state index contributed by atoms with van der Waals surface area (Å²) in [5, 5.41) is 35.2. The van der Waals surface area contributed by atoms with Gasteiger partial charge in [-0.2, -0.15) is 0 Å². The molecule has 8 nitrogen and oxygen atoms in total. The van der Waals surface area contributed by atoms with Crippen molar-refractivity contribution in [3.63, 3.8) is 0 Å². The predicted octanol–water partition coefficient (Wildman–Crippen LogP) is 7.27. The fourth-order valence-electron chi connectivity index (χ4n) is 1.56. The number of allylic oxidation sites excluding steroid dienone is 8. The summed E-state index contributed by atoms with van der Waals surface area (Å²) < 4.78 is 0. The summed E-state index contributed by atoms with van der Waals surface area (Å²) in [4.78, 5) is 42.2. The van der Waals surface area contributed by atoms with Crippen LogP contribution in [0.3, 0.4) is 0 Å². The Hall–Kier alpha value is -2.28. The Morgan fingerprint density at radius 3 is 0.595 bits per heavy atom. The van der Waals surface area contributed by atoms with E-state index >= 15 is 0 Å². The molecule has 0 aliphatic rings. The van der Waals surface area contributed by atoms with Crippen LogP contribution in [0.5, 0.6) is 0 Å². The molecule has 0 atom stereocenters. The van der Waals surface area contributed by atoms with Gasteiger partial charge in [0.2, 0.25) is 0 Å². The average Bonchev–Trinajstić information content (AvgIpc) is 2.88. The number of hydrogen-bond acceptors (Lipinski definition) is 8. The molecule has 0 fully saturated rings. The fraction of sp³-hybridized carbons (Fsp3) is 0.571. The Morgan fingerprint density at radius 1 is 0.378 bits per heavy atom. The molecule has 0 bridgehead atoms. The van der Waals surface area contributed by atoms with Crippen LogP contribution >= 0.6 is 0 Å². The molecule has 0 spiro atoms. The van der Waals surface area contributed by atoms with Crippen LogP contribution in [0.2, 0.25) is 0 Å². The molecule has 0 aromatic rings. The first-order chi connectivity index (χ1) is 16.8. The quantitative estimate of drug-likeness (QED) is 0.134. The Labute approximate surface area is 242 Å². The van der Waals surface area contributed by atoms with Crippen molar-refractivity contribution in [3.8, 4) is 0 Å². The predicted molar refractivity (Wildman–Crippen MR) is 145 cm³/mol. The van der Waals surface area contributed by atoms with Crippen molar-refractivity contribution >= 4 is 23.1 Å². The van der Waals surface area contributed by atoms with Crippen LogP contribution < -0.4 is 0 Å². The van der Waals surface area contributed by atoms with E-state index in [-0.39, 0.29) is 72.4 Å². The van der Waals surface area contributed by atoms with Crippen molar-refractivity contribution in [2.24, 2.45) is 0 Å². The van der Waals surface area contributed by atoms with Gasteiger partial charge in [-0.1, -0.05) is 55.4 Å². The number of ketones is 4. The topological polar surface area (TPSA) is 149 Å². The van der Waals surface area contributed by atoms with Gasteiger partial charge in [-0.15, -0.1) is 0 Å². The zero-order chi connectivity index (χ0) is 29.1. The average molecular weight is 604 g/mol. The number of carbonyl (C=O) groups is 4. The Bertz CT molecular complexity index is 634. The minimum absolute atomic E-state index is 0. The van der Waals surface area contributed by atoms with Crippen molar-refractivity contribution in [2.75, 3.05) is 0 Å². The summed E-state index contributed by atoms with van der Waals surface area (Å²) in [6, 6.07) is 0. The second-order valence-electron chi connectivity index (χ2n) is 7.24. The van der Waals surface area contributed by atoms with Crippen LogP contribution in [0.4, 0.5) is 0 Å². The van der Waals surface area contributed by atoms with E-state index in [2.05, 4.69) is 0 Å². The van der Waals surface area contributed by atoms with E-state index in [0.717, 1.165) is 0 Å². The maximum Gasteiger partial charge on any atom is 0.158 e. The van der Waals surface area contributed by atoms with E-state index in [1.807, 2.05) is 0 Å². The van der Waals surface area contributed by atoms with Crippen molar-refractivity contribution < 1.29 is 65.8 Å². The number of carbonyl (C=O) groups excluding carboxylic acids is 4. The molecule has 0 aliphatic carbocycles. The van der Waals surface area contributed by atoms with E-state index in [4.69, 9.17) is 20.4 Å². The summed E-state index contributed by atoms with van der Waals surface area (Å²) in [7, 11) is 0. The number of rotatable bonds is 12. The molecule has 4 N–H and O–H groups in total. The smallest absolute Gasteiger partial charge is 0.158 e. The minimum Gasteiger partial charge on any atom is -0.512 e. The molecular formula is C28H48O8Zr. The van der Waals surface area contributed by atoms with Gasteiger partial charge in [-0.05, 0) is 0 Å². The van der Waals surface area contributed by atoms with E-state index in [9.17, 15) is 19.2 Å². The normalized spacial score (nSPS) is 11.2. The van der Waals surface area contributed by atoms with Gasteiger partial charge in [0.05, 0.1) is 23.0 Å². The van der Waals surface area contributed by atoms with Gasteiger partial charge in [0.1, 0.15) is 0 Å². The van der Waals surface area contributed by atoms with Crippen LogP contribution in [0.25, 0.3) is 0 Å². The standard InChI is InChI=1S/4C7H12O2.Zr/c4*1-3-6(8)5-7(9)4-2;/h4*5,8H,3-4H2,1-2H3;/b4*6-5-;. The second kappa shape index (κ2) is 31.8. The Morgan fingerprint density at radius 2 is 0.514 bits per heavy atom. The van der Waals surface area contributed by atoms with Gasteiger partial charge in [-0.25, -0.2) is 0 Å². The van der Waals surface area contributed by atoms with Crippen LogP contribution in [-0.2, 0) is 45.4 Å². The third-order valence-corrected chi connectivity index (χ3v) is 4.15. The van der Waals surface area contributed by atoms with Crippen molar-refractivity contribution in [3.05, 3.63) is 47.3 Å². The van der Waals surface area contributed by atoms with Gasteiger partial charge in [-0.3, -0.25) is 19.2 Å².